The van der Waals surface area contributed by atoms with Gasteiger partial charge >= 0.3 is 0 Å². The minimum absolute atomic E-state index is 0.157. The zero-order chi connectivity index (χ0) is 11.5. The smallest absolute Gasteiger partial charge is 0.224 e. The summed E-state index contributed by atoms with van der Waals surface area (Å²) in [4.78, 5) is 7.86. The molecule has 0 fully saturated rings. The van der Waals surface area contributed by atoms with Crippen LogP contribution in [0.1, 0.15) is 5.56 Å². The monoisotopic (exact) mass is 237 g/mol. The minimum atomic E-state index is -0.303. The second-order valence-electron chi connectivity index (χ2n) is 3.31. The minimum Gasteiger partial charge on any atom is -0.340 e. The van der Waals surface area contributed by atoms with E-state index in [-0.39, 0.29) is 11.1 Å². The number of hydrogen-bond acceptors (Lipinski definition) is 3. The average Bonchev–Trinajstić information content (AvgIpc) is 2.24. The van der Waals surface area contributed by atoms with E-state index in [0.29, 0.717) is 11.5 Å². The Kier molecular flexibility index (Phi) is 3.01. The maximum Gasteiger partial charge on any atom is 0.224 e. The fourth-order valence-corrected chi connectivity index (χ4v) is 1.38. The molecule has 1 aromatic heterocycles. The van der Waals surface area contributed by atoms with E-state index in [0.717, 1.165) is 5.56 Å². The molecule has 1 heterocycles. The molecule has 0 aliphatic heterocycles. The van der Waals surface area contributed by atoms with Crippen LogP contribution < -0.4 is 5.32 Å². The highest BCUT2D eigenvalue weighted by molar-refractivity contribution is 6.28. The van der Waals surface area contributed by atoms with Crippen molar-refractivity contribution < 1.29 is 4.39 Å². The molecule has 0 radical (unpaired) electrons. The van der Waals surface area contributed by atoms with Crippen molar-refractivity contribution in [3.63, 3.8) is 0 Å². The predicted octanol–water partition coefficient (Wildman–Crippen LogP) is 3.32. The van der Waals surface area contributed by atoms with Crippen LogP contribution in [0.5, 0.6) is 0 Å². The zero-order valence-electron chi connectivity index (χ0n) is 8.54. The molecule has 3 nitrogen and oxygen atoms in total. The fourth-order valence-electron chi connectivity index (χ4n) is 1.25. The van der Waals surface area contributed by atoms with Gasteiger partial charge in [0.1, 0.15) is 11.6 Å². The van der Waals surface area contributed by atoms with Crippen LogP contribution in [-0.4, -0.2) is 9.97 Å². The lowest BCUT2D eigenvalue weighted by molar-refractivity contribution is 0.628. The lowest BCUT2D eigenvalue weighted by Crippen LogP contribution is -1.98. The van der Waals surface area contributed by atoms with Crippen LogP contribution >= 0.6 is 11.6 Å². The summed E-state index contributed by atoms with van der Waals surface area (Å²) in [6.07, 6.45) is 1.61. The van der Waals surface area contributed by atoms with Crippen molar-refractivity contribution in [2.24, 2.45) is 0 Å². The predicted molar refractivity (Wildman–Crippen MR) is 61.5 cm³/mol. The number of aryl methyl sites for hydroxylation is 1. The normalized spacial score (nSPS) is 10.2. The molecule has 0 amide bonds. The van der Waals surface area contributed by atoms with Crippen molar-refractivity contribution in [1.29, 1.82) is 0 Å². The van der Waals surface area contributed by atoms with Crippen molar-refractivity contribution in [3.05, 3.63) is 47.1 Å². The molecule has 0 saturated carbocycles. The number of rotatable bonds is 2. The van der Waals surface area contributed by atoms with Crippen molar-refractivity contribution in [2.75, 3.05) is 5.32 Å². The lowest BCUT2D eigenvalue weighted by Gasteiger charge is -2.07. The largest absolute Gasteiger partial charge is 0.340 e. The molecular weight excluding hydrogens is 229 g/mol. The first-order valence-corrected chi connectivity index (χ1v) is 5.04. The van der Waals surface area contributed by atoms with Crippen molar-refractivity contribution in [1.82, 2.24) is 9.97 Å². The first-order chi connectivity index (χ1) is 7.65. The summed E-state index contributed by atoms with van der Waals surface area (Å²) in [5.74, 6) is 0.272. The highest BCUT2D eigenvalue weighted by Gasteiger charge is 2.03. The molecule has 1 aromatic carbocycles. The third-order valence-electron chi connectivity index (χ3n) is 2.03. The SMILES string of the molecule is Cc1cnc(Cl)nc1Nc1cccc(F)c1. The van der Waals surface area contributed by atoms with Gasteiger partial charge in [-0.15, -0.1) is 0 Å². The van der Waals surface area contributed by atoms with Crippen LogP contribution in [0.15, 0.2) is 30.5 Å². The summed E-state index contributed by atoms with van der Waals surface area (Å²) >= 11 is 5.68. The van der Waals surface area contributed by atoms with E-state index in [1.807, 2.05) is 6.92 Å². The highest BCUT2D eigenvalue weighted by Crippen LogP contribution is 2.19. The standard InChI is InChI=1S/C11H9ClFN3/c1-7-6-14-11(12)16-10(7)15-9-4-2-3-8(13)5-9/h2-6H,1H3,(H,14,15,16). The molecule has 1 N–H and O–H groups in total. The summed E-state index contributed by atoms with van der Waals surface area (Å²) in [6, 6.07) is 6.13. The van der Waals surface area contributed by atoms with Crippen LogP contribution in [0.3, 0.4) is 0 Å². The quantitative estimate of drug-likeness (QED) is 0.815. The third kappa shape index (κ3) is 2.46. The van der Waals surface area contributed by atoms with Gasteiger partial charge in [-0.05, 0) is 36.7 Å². The van der Waals surface area contributed by atoms with Gasteiger partial charge in [0.05, 0.1) is 0 Å². The Morgan fingerprint density at radius 3 is 2.94 bits per heavy atom. The Hall–Kier alpha value is -1.68. The Morgan fingerprint density at radius 1 is 1.38 bits per heavy atom. The van der Waals surface area contributed by atoms with Gasteiger partial charge in [0, 0.05) is 17.4 Å². The van der Waals surface area contributed by atoms with Gasteiger partial charge in [-0.3, -0.25) is 0 Å². The molecule has 0 saturated heterocycles. The molecule has 0 atom stereocenters. The molecule has 5 heteroatoms. The molecule has 0 bridgehead atoms. The van der Waals surface area contributed by atoms with E-state index in [9.17, 15) is 4.39 Å². The molecule has 16 heavy (non-hydrogen) atoms. The molecule has 2 aromatic rings. The van der Waals surface area contributed by atoms with Crippen LogP contribution in [0.25, 0.3) is 0 Å². The first kappa shape index (κ1) is 10.8. The van der Waals surface area contributed by atoms with Crippen molar-refractivity contribution >= 4 is 23.1 Å². The van der Waals surface area contributed by atoms with Crippen molar-refractivity contribution in [2.45, 2.75) is 6.92 Å². The Morgan fingerprint density at radius 2 is 2.19 bits per heavy atom. The summed E-state index contributed by atoms with van der Waals surface area (Å²) in [5.41, 5.74) is 1.46. The van der Waals surface area contributed by atoms with Gasteiger partial charge in [-0.25, -0.2) is 14.4 Å². The third-order valence-corrected chi connectivity index (χ3v) is 2.21. The maximum atomic E-state index is 13.0. The second kappa shape index (κ2) is 4.45. The van der Waals surface area contributed by atoms with E-state index < -0.39 is 0 Å². The van der Waals surface area contributed by atoms with E-state index in [4.69, 9.17) is 11.6 Å². The first-order valence-electron chi connectivity index (χ1n) is 4.67. The summed E-state index contributed by atoms with van der Waals surface area (Å²) in [6.45, 7) is 1.85. The van der Waals surface area contributed by atoms with Crippen LogP contribution in [0, 0.1) is 12.7 Å². The van der Waals surface area contributed by atoms with Gasteiger partial charge in [-0.1, -0.05) is 6.07 Å². The van der Waals surface area contributed by atoms with E-state index >= 15 is 0 Å². The lowest BCUT2D eigenvalue weighted by atomic mass is 10.3. The number of anilines is 2. The molecule has 82 valence electrons. The van der Waals surface area contributed by atoms with Gasteiger partial charge in [0.15, 0.2) is 0 Å². The van der Waals surface area contributed by atoms with Crippen molar-refractivity contribution in [3.8, 4) is 0 Å². The van der Waals surface area contributed by atoms with Gasteiger partial charge in [0.2, 0.25) is 5.28 Å². The molecular formula is C11H9ClFN3. The summed E-state index contributed by atoms with van der Waals surface area (Å²) in [5, 5.41) is 3.14. The average molecular weight is 238 g/mol. The maximum absolute atomic E-state index is 13.0. The highest BCUT2D eigenvalue weighted by atomic mass is 35.5. The number of halogens is 2. The van der Waals surface area contributed by atoms with Crippen LogP contribution in [0.4, 0.5) is 15.9 Å². The Balaban J connectivity index is 2.30. The Labute approximate surface area is 97.3 Å². The topological polar surface area (TPSA) is 37.8 Å². The number of benzene rings is 1. The van der Waals surface area contributed by atoms with E-state index in [1.165, 1.54) is 12.1 Å². The number of nitrogens with zero attached hydrogens (tertiary/aromatic N) is 2. The van der Waals surface area contributed by atoms with Gasteiger partial charge in [0.25, 0.3) is 0 Å². The molecule has 0 aliphatic rings. The summed E-state index contributed by atoms with van der Waals surface area (Å²) < 4.78 is 13.0. The zero-order valence-corrected chi connectivity index (χ0v) is 9.29. The summed E-state index contributed by atoms with van der Waals surface area (Å²) in [7, 11) is 0. The van der Waals surface area contributed by atoms with Crippen LogP contribution in [-0.2, 0) is 0 Å². The van der Waals surface area contributed by atoms with Crippen LogP contribution in [0.2, 0.25) is 5.28 Å². The fraction of sp³-hybridized carbons (Fsp3) is 0.0909. The second-order valence-corrected chi connectivity index (χ2v) is 3.64. The Bertz CT molecular complexity index is 516. The molecule has 2 rings (SSSR count). The van der Waals surface area contributed by atoms with Gasteiger partial charge < -0.3 is 5.32 Å². The molecule has 0 unspecified atom stereocenters. The van der Waals surface area contributed by atoms with Gasteiger partial charge in [-0.2, -0.15) is 0 Å². The molecule has 0 aliphatic carbocycles. The van der Waals surface area contributed by atoms with E-state index in [2.05, 4.69) is 15.3 Å². The number of aromatic nitrogens is 2. The molecule has 0 spiro atoms. The van der Waals surface area contributed by atoms with E-state index in [1.54, 1.807) is 18.3 Å². The number of nitrogens with one attached hydrogen (secondary N) is 1. The number of hydrogen-bond donors (Lipinski definition) is 1.